The highest BCUT2D eigenvalue weighted by Gasteiger charge is 2.16. The van der Waals surface area contributed by atoms with Crippen LogP contribution in [0.3, 0.4) is 0 Å². The van der Waals surface area contributed by atoms with Crippen molar-refractivity contribution in [1.29, 1.82) is 0 Å². The molecule has 0 spiro atoms. The third kappa shape index (κ3) is 1.65. The van der Waals surface area contributed by atoms with Gasteiger partial charge in [0, 0.05) is 11.3 Å². The molecule has 1 saturated carbocycles. The third-order valence-electron chi connectivity index (χ3n) is 3.31. The van der Waals surface area contributed by atoms with Crippen molar-refractivity contribution in [3.8, 4) is 0 Å². The highest BCUT2D eigenvalue weighted by Crippen LogP contribution is 2.32. The van der Waals surface area contributed by atoms with Crippen LogP contribution in [-0.2, 0) is 0 Å². The van der Waals surface area contributed by atoms with Gasteiger partial charge in [-0.05, 0) is 24.5 Å². The number of H-pyrrole nitrogens is 1. The van der Waals surface area contributed by atoms with Crippen LogP contribution >= 0.6 is 0 Å². The molecule has 0 aliphatic heterocycles. The molecule has 1 fully saturated rings. The van der Waals surface area contributed by atoms with Crippen molar-refractivity contribution in [2.24, 2.45) is 0 Å². The van der Waals surface area contributed by atoms with Crippen molar-refractivity contribution < 1.29 is 0 Å². The quantitative estimate of drug-likeness (QED) is 0.748. The maximum Gasteiger partial charge on any atom is 0.0653 e. The summed E-state index contributed by atoms with van der Waals surface area (Å²) in [6.45, 7) is 0. The van der Waals surface area contributed by atoms with Gasteiger partial charge in [0.2, 0.25) is 0 Å². The van der Waals surface area contributed by atoms with Gasteiger partial charge in [0.25, 0.3) is 0 Å². The van der Waals surface area contributed by atoms with E-state index in [9.17, 15) is 0 Å². The fourth-order valence-corrected chi connectivity index (χ4v) is 2.42. The van der Waals surface area contributed by atoms with E-state index in [-0.39, 0.29) is 0 Å². The Labute approximate surface area is 89.7 Å². The monoisotopic (exact) mass is 199 g/mol. The van der Waals surface area contributed by atoms with Crippen LogP contribution in [0.2, 0.25) is 0 Å². The van der Waals surface area contributed by atoms with Gasteiger partial charge in [-0.3, -0.25) is 5.10 Å². The van der Waals surface area contributed by atoms with Crippen molar-refractivity contribution in [3.63, 3.8) is 0 Å². The van der Waals surface area contributed by atoms with Gasteiger partial charge in [-0.25, -0.2) is 0 Å². The van der Waals surface area contributed by atoms with E-state index in [1.54, 1.807) is 5.92 Å². The molecule has 0 unspecified atom stereocenters. The minimum absolute atomic E-state index is 1.16. The number of rotatable bonds is 1. The minimum atomic E-state index is 1.16. The molecule has 0 bridgehead atoms. The summed E-state index contributed by atoms with van der Waals surface area (Å²) in [7, 11) is 0. The second-order valence-electron chi connectivity index (χ2n) is 4.34. The fraction of sp³-hybridized carbons (Fsp3) is 0.385. The zero-order chi connectivity index (χ0) is 10.1. The molecule has 1 heterocycles. The molecule has 2 heteroatoms. The first kappa shape index (κ1) is 8.96. The van der Waals surface area contributed by atoms with E-state index in [0.717, 1.165) is 5.52 Å². The highest BCUT2D eigenvalue weighted by atomic mass is 15.1. The van der Waals surface area contributed by atoms with Crippen LogP contribution in [-0.4, -0.2) is 10.2 Å². The molecule has 2 aromatic rings. The Hall–Kier alpha value is -1.31. The Morgan fingerprint density at radius 1 is 1.07 bits per heavy atom. The second kappa shape index (κ2) is 3.69. The van der Waals surface area contributed by atoms with Crippen LogP contribution < -0.4 is 0 Å². The second-order valence-corrected chi connectivity index (χ2v) is 4.34. The Morgan fingerprint density at radius 3 is 2.80 bits per heavy atom. The van der Waals surface area contributed by atoms with Crippen molar-refractivity contribution in [1.82, 2.24) is 10.2 Å². The summed E-state index contributed by atoms with van der Waals surface area (Å²) in [6, 6.07) is 6.64. The fourth-order valence-electron chi connectivity index (χ4n) is 2.42. The molecule has 1 aromatic carbocycles. The lowest BCUT2D eigenvalue weighted by atomic mass is 9.84. The molecule has 0 amide bonds. The molecule has 3 rings (SSSR count). The number of hydrogen-bond acceptors (Lipinski definition) is 1. The molecule has 0 atom stereocenters. The predicted molar refractivity (Wildman–Crippen MR) is 61.5 cm³/mol. The summed E-state index contributed by atoms with van der Waals surface area (Å²) in [5.41, 5.74) is 2.57. The average Bonchev–Trinajstić information content (AvgIpc) is 2.77. The molecule has 77 valence electrons. The van der Waals surface area contributed by atoms with Gasteiger partial charge in [0.05, 0.1) is 11.7 Å². The van der Waals surface area contributed by atoms with Gasteiger partial charge in [0.1, 0.15) is 0 Å². The number of benzene rings is 1. The first-order chi connectivity index (χ1) is 7.43. The largest absolute Gasteiger partial charge is 0.278 e. The van der Waals surface area contributed by atoms with Gasteiger partial charge in [-0.2, -0.15) is 5.10 Å². The van der Waals surface area contributed by atoms with Crippen LogP contribution in [0.15, 0.2) is 24.4 Å². The van der Waals surface area contributed by atoms with Crippen molar-refractivity contribution in [2.75, 3.05) is 0 Å². The van der Waals surface area contributed by atoms with E-state index in [2.05, 4.69) is 28.4 Å². The molecule has 1 N–H and O–H groups in total. The molecule has 0 saturated heterocycles. The van der Waals surface area contributed by atoms with Gasteiger partial charge in [0.15, 0.2) is 0 Å². The van der Waals surface area contributed by atoms with E-state index < -0.39 is 0 Å². The SMILES string of the molecule is c1cc2cn[nH]c2cc1[C]1CCCCC1. The molecule has 15 heavy (non-hydrogen) atoms. The molecule has 1 aliphatic carbocycles. The lowest BCUT2D eigenvalue weighted by Crippen LogP contribution is -2.05. The van der Waals surface area contributed by atoms with Crippen molar-refractivity contribution in [2.45, 2.75) is 32.1 Å². The average molecular weight is 199 g/mol. The summed E-state index contributed by atoms with van der Waals surface area (Å²) in [4.78, 5) is 0. The van der Waals surface area contributed by atoms with E-state index in [0.29, 0.717) is 0 Å². The maximum atomic E-state index is 4.05. The summed E-state index contributed by atoms with van der Waals surface area (Å²) in [6.07, 6.45) is 8.55. The molecule has 1 radical (unpaired) electrons. The number of nitrogens with zero attached hydrogens (tertiary/aromatic N) is 1. The van der Waals surface area contributed by atoms with Gasteiger partial charge < -0.3 is 0 Å². The highest BCUT2D eigenvalue weighted by molar-refractivity contribution is 5.79. The first-order valence-electron chi connectivity index (χ1n) is 5.72. The van der Waals surface area contributed by atoms with Crippen LogP contribution in [0.25, 0.3) is 10.9 Å². The number of aromatic nitrogens is 2. The van der Waals surface area contributed by atoms with E-state index >= 15 is 0 Å². The number of fused-ring (bicyclic) bond motifs is 1. The van der Waals surface area contributed by atoms with Gasteiger partial charge in [-0.15, -0.1) is 0 Å². The molecule has 2 nitrogen and oxygen atoms in total. The topological polar surface area (TPSA) is 28.7 Å². The summed E-state index contributed by atoms with van der Waals surface area (Å²) < 4.78 is 0. The van der Waals surface area contributed by atoms with E-state index in [1.165, 1.54) is 43.1 Å². The van der Waals surface area contributed by atoms with E-state index in [4.69, 9.17) is 0 Å². The molecule has 1 aromatic heterocycles. The third-order valence-corrected chi connectivity index (χ3v) is 3.31. The Bertz CT molecular complexity index is 452. The first-order valence-corrected chi connectivity index (χ1v) is 5.72. The smallest absolute Gasteiger partial charge is 0.0653 e. The minimum Gasteiger partial charge on any atom is -0.278 e. The Morgan fingerprint density at radius 2 is 1.93 bits per heavy atom. The predicted octanol–water partition coefficient (Wildman–Crippen LogP) is 3.45. The van der Waals surface area contributed by atoms with Crippen LogP contribution in [0, 0.1) is 5.92 Å². The van der Waals surface area contributed by atoms with E-state index in [1.807, 2.05) is 6.20 Å². The summed E-state index contributed by atoms with van der Waals surface area (Å²) in [5, 5.41) is 8.29. The molecule has 1 aliphatic rings. The van der Waals surface area contributed by atoms with Gasteiger partial charge >= 0.3 is 0 Å². The Kier molecular flexibility index (Phi) is 2.20. The standard InChI is InChI=1S/C13H15N2/c1-2-4-10(5-3-1)11-6-7-12-9-14-15-13(12)8-11/h6-9H,1-5H2,(H,14,15). The number of aromatic amines is 1. The van der Waals surface area contributed by atoms with Gasteiger partial charge in [-0.1, -0.05) is 31.4 Å². The number of nitrogens with one attached hydrogen (secondary N) is 1. The summed E-state index contributed by atoms with van der Waals surface area (Å²) in [5.74, 6) is 1.62. The van der Waals surface area contributed by atoms with Crippen molar-refractivity contribution >= 4 is 10.9 Å². The zero-order valence-corrected chi connectivity index (χ0v) is 8.79. The number of hydrogen-bond donors (Lipinski definition) is 1. The van der Waals surface area contributed by atoms with Crippen LogP contribution in [0.4, 0.5) is 0 Å². The van der Waals surface area contributed by atoms with Crippen LogP contribution in [0.5, 0.6) is 0 Å². The molecular formula is C13H15N2. The lowest BCUT2D eigenvalue weighted by Gasteiger charge is -2.21. The normalized spacial score (nSPS) is 18.4. The summed E-state index contributed by atoms with van der Waals surface area (Å²) >= 11 is 0. The lowest BCUT2D eigenvalue weighted by molar-refractivity contribution is 0.551. The van der Waals surface area contributed by atoms with Crippen molar-refractivity contribution in [3.05, 3.63) is 35.9 Å². The Balaban J connectivity index is 1.95. The zero-order valence-electron chi connectivity index (χ0n) is 8.79. The maximum absolute atomic E-state index is 4.05. The molecular weight excluding hydrogens is 184 g/mol. The van der Waals surface area contributed by atoms with Crippen LogP contribution in [0.1, 0.15) is 37.7 Å².